The van der Waals surface area contributed by atoms with Crippen LogP contribution < -0.4 is 0 Å². The Morgan fingerprint density at radius 1 is 1.50 bits per heavy atom. The van der Waals surface area contributed by atoms with Crippen LogP contribution in [0.1, 0.15) is 12.0 Å². The third kappa shape index (κ3) is 2.98. The molecule has 3 rings (SSSR count). The summed E-state index contributed by atoms with van der Waals surface area (Å²) in [5.41, 5.74) is 1.60. The van der Waals surface area contributed by atoms with Gasteiger partial charge in [0.1, 0.15) is 5.82 Å². The zero-order valence-electron chi connectivity index (χ0n) is 12.2. The van der Waals surface area contributed by atoms with Gasteiger partial charge in [-0.15, -0.1) is 0 Å². The third-order valence-electron chi connectivity index (χ3n) is 4.08. The Morgan fingerprint density at radius 3 is 3.18 bits per heavy atom. The lowest BCUT2D eigenvalue weighted by molar-refractivity contribution is -0.139. The molecule has 1 aromatic carbocycles. The van der Waals surface area contributed by atoms with Crippen molar-refractivity contribution in [3.8, 4) is 0 Å². The van der Waals surface area contributed by atoms with Crippen LogP contribution >= 0.6 is 0 Å². The minimum atomic E-state index is -0.315. The highest BCUT2D eigenvalue weighted by molar-refractivity contribution is 5.89. The molecular formula is C16H19FN2O3. The maximum atomic E-state index is 13.4. The van der Waals surface area contributed by atoms with Crippen LogP contribution in [-0.2, 0) is 16.0 Å². The van der Waals surface area contributed by atoms with Gasteiger partial charge < -0.3 is 19.7 Å². The molecule has 1 unspecified atom stereocenters. The average molecular weight is 306 g/mol. The van der Waals surface area contributed by atoms with Crippen LogP contribution in [0.25, 0.3) is 10.9 Å². The first-order valence-electron chi connectivity index (χ1n) is 7.42. The first kappa shape index (κ1) is 15.0. The molecule has 1 saturated heterocycles. The van der Waals surface area contributed by atoms with Gasteiger partial charge in [0.15, 0.2) is 0 Å². The van der Waals surface area contributed by atoms with Gasteiger partial charge in [-0.1, -0.05) is 0 Å². The van der Waals surface area contributed by atoms with Crippen molar-refractivity contribution in [2.24, 2.45) is 0 Å². The molecule has 1 atom stereocenters. The Morgan fingerprint density at radius 2 is 2.36 bits per heavy atom. The molecule has 0 saturated carbocycles. The Hall–Kier alpha value is -1.92. The largest absolute Gasteiger partial charge is 0.396 e. The molecule has 5 nitrogen and oxygen atoms in total. The van der Waals surface area contributed by atoms with Crippen LogP contribution in [-0.4, -0.2) is 53.3 Å². The number of aliphatic hydroxyl groups excluding tert-OH is 1. The monoisotopic (exact) mass is 306 g/mol. The zero-order chi connectivity index (χ0) is 15.5. The number of aromatic amines is 1. The Labute approximate surface area is 127 Å². The second kappa shape index (κ2) is 6.46. The maximum Gasteiger partial charge on any atom is 0.227 e. The fourth-order valence-electron chi connectivity index (χ4n) is 2.93. The summed E-state index contributed by atoms with van der Waals surface area (Å²) < 4.78 is 18.8. The Kier molecular flexibility index (Phi) is 4.40. The van der Waals surface area contributed by atoms with E-state index >= 15 is 0 Å². The number of nitrogens with one attached hydrogen (secondary N) is 1. The van der Waals surface area contributed by atoms with E-state index in [0.29, 0.717) is 26.2 Å². The molecule has 2 aromatic rings. The maximum absolute atomic E-state index is 13.4. The van der Waals surface area contributed by atoms with E-state index in [0.717, 1.165) is 16.5 Å². The molecule has 1 aliphatic heterocycles. The minimum absolute atomic E-state index is 0.0214. The Bertz CT molecular complexity index is 668. The standard InChI is InChI=1S/C16H19FN2O3/c17-12-1-2-15-14(8-12)11(9-18-15)7-16(21)19-4-6-22-10-13(19)3-5-20/h1-2,8-9,13,18,20H,3-7,10H2. The SMILES string of the molecule is O=C(Cc1c[nH]c2ccc(F)cc12)N1CCOCC1CCO. The first-order chi connectivity index (χ1) is 10.7. The van der Waals surface area contributed by atoms with Crippen LogP contribution in [0.4, 0.5) is 4.39 Å². The molecule has 6 heteroatoms. The lowest BCUT2D eigenvalue weighted by Gasteiger charge is -2.35. The number of fused-ring (bicyclic) bond motifs is 1. The van der Waals surface area contributed by atoms with Crippen molar-refractivity contribution in [2.45, 2.75) is 18.9 Å². The summed E-state index contributed by atoms with van der Waals surface area (Å²) in [6, 6.07) is 4.41. The van der Waals surface area contributed by atoms with E-state index in [-0.39, 0.29) is 30.8 Å². The minimum Gasteiger partial charge on any atom is -0.396 e. The first-order valence-corrected chi connectivity index (χ1v) is 7.42. The lowest BCUT2D eigenvalue weighted by atomic mass is 10.1. The molecular weight excluding hydrogens is 287 g/mol. The highest BCUT2D eigenvalue weighted by Gasteiger charge is 2.27. The summed E-state index contributed by atoms with van der Waals surface area (Å²) in [5.74, 6) is -0.336. The van der Waals surface area contributed by atoms with Crippen molar-refractivity contribution >= 4 is 16.8 Å². The molecule has 1 aromatic heterocycles. The van der Waals surface area contributed by atoms with Crippen molar-refractivity contribution < 1.29 is 19.0 Å². The van der Waals surface area contributed by atoms with Gasteiger partial charge in [-0.2, -0.15) is 0 Å². The number of carbonyl (C=O) groups excluding carboxylic acids is 1. The van der Waals surface area contributed by atoms with Crippen molar-refractivity contribution in [1.29, 1.82) is 0 Å². The van der Waals surface area contributed by atoms with Gasteiger partial charge in [0.25, 0.3) is 0 Å². The van der Waals surface area contributed by atoms with Crippen molar-refractivity contribution in [3.63, 3.8) is 0 Å². The van der Waals surface area contributed by atoms with Crippen molar-refractivity contribution in [2.75, 3.05) is 26.4 Å². The highest BCUT2D eigenvalue weighted by Crippen LogP contribution is 2.21. The molecule has 1 amide bonds. The molecule has 2 heterocycles. The van der Waals surface area contributed by atoms with Gasteiger partial charge >= 0.3 is 0 Å². The van der Waals surface area contributed by atoms with E-state index in [9.17, 15) is 9.18 Å². The lowest BCUT2D eigenvalue weighted by Crippen LogP contribution is -2.49. The molecule has 0 aliphatic carbocycles. The number of aromatic nitrogens is 1. The van der Waals surface area contributed by atoms with E-state index in [2.05, 4.69) is 4.98 Å². The summed E-state index contributed by atoms with van der Waals surface area (Å²) in [6.07, 6.45) is 2.48. The molecule has 118 valence electrons. The predicted molar refractivity (Wildman–Crippen MR) is 80.0 cm³/mol. The zero-order valence-corrected chi connectivity index (χ0v) is 12.2. The molecule has 0 radical (unpaired) electrons. The van der Waals surface area contributed by atoms with Gasteiger partial charge in [-0.3, -0.25) is 4.79 Å². The van der Waals surface area contributed by atoms with Crippen molar-refractivity contribution in [1.82, 2.24) is 9.88 Å². The average Bonchev–Trinajstić information content (AvgIpc) is 2.90. The second-order valence-electron chi connectivity index (χ2n) is 5.51. The van der Waals surface area contributed by atoms with Crippen molar-refractivity contribution in [3.05, 3.63) is 35.8 Å². The molecule has 1 aliphatic rings. The highest BCUT2D eigenvalue weighted by atomic mass is 19.1. The summed E-state index contributed by atoms with van der Waals surface area (Å²) >= 11 is 0. The summed E-state index contributed by atoms with van der Waals surface area (Å²) in [7, 11) is 0. The number of halogens is 1. The van der Waals surface area contributed by atoms with Gasteiger partial charge in [-0.05, 0) is 30.2 Å². The van der Waals surface area contributed by atoms with Crippen LogP contribution in [0.3, 0.4) is 0 Å². The van der Waals surface area contributed by atoms with Gasteiger partial charge in [-0.25, -0.2) is 4.39 Å². The van der Waals surface area contributed by atoms with E-state index in [1.807, 2.05) is 0 Å². The number of hydrogen-bond donors (Lipinski definition) is 2. The molecule has 2 N–H and O–H groups in total. The molecule has 0 bridgehead atoms. The number of morpholine rings is 1. The number of rotatable bonds is 4. The number of carbonyl (C=O) groups is 1. The number of nitrogens with zero attached hydrogens (tertiary/aromatic N) is 1. The number of amides is 1. The van der Waals surface area contributed by atoms with E-state index < -0.39 is 0 Å². The van der Waals surface area contributed by atoms with Crippen LogP contribution in [0.5, 0.6) is 0 Å². The van der Waals surface area contributed by atoms with Crippen LogP contribution in [0, 0.1) is 5.82 Å². The normalized spacial score (nSPS) is 18.8. The molecule has 1 fully saturated rings. The fourth-order valence-corrected chi connectivity index (χ4v) is 2.93. The fraction of sp³-hybridized carbons (Fsp3) is 0.438. The van der Waals surface area contributed by atoms with Crippen LogP contribution in [0.15, 0.2) is 24.4 Å². The van der Waals surface area contributed by atoms with Gasteiger partial charge in [0.05, 0.1) is 25.7 Å². The van der Waals surface area contributed by atoms with E-state index in [1.54, 1.807) is 17.2 Å². The predicted octanol–water partition coefficient (Wildman–Crippen LogP) is 1.46. The third-order valence-corrected chi connectivity index (χ3v) is 4.08. The summed E-state index contributed by atoms with van der Waals surface area (Å²) in [5, 5.41) is 9.84. The van der Waals surface area contributed by atoms with Gasteiger partial charge in [0.2, 0.25) is 5.91 Å². The molecule has 0 spiro atoms. The number of H-pyrrole nitrogens is 1. The van der Waals surface area contributed by atoms with E-state index in [4.69, 9.17) is 9.84 Å². The molecule has 22 heavy (non-hydrogen) atoms. The number of aliphatic hydroxyl groups is 1. The van der Waals surface area contributed by atoms with Gasteiger partial charge in [0, 0.05) is 30.3 Å². The smallest absolute Gasteiger partial charge is 0.227 e. The number of ether oxygens (including phenoxy) is 1. The topological polar surface area (TPSA) is 65.6 Å². The van der Waals surface area contributed by atoms with E-state index in [1.165, 1.54) is 12.1 Å². The number of benzene rings is 1. The quantitative estimate of drug-likeness (QED) is 0.899. The summed E-state index contributed by atoms with van der Waals surface area (Å²) in [6.45, 7) is 1.52. The Balaban J connectivity index is 1.78. The summed E-state index contributed by atoms with van der Waals surface area (Å²) in [4.78, 5) is 17.4. The second-order valence-corrected chi connectivity index (χ2v) is 5.51. The number of hydrogen-bond acceptors (Lipinski definition) is 3. The van der Waals surface area contributed by atoms with Crippen LogP contribution in [0.2, 0.25) is 0 Å².